The van der Waals surface area contributed by atoms with Gasteiger partial charge in [-0.05, 0) is 13.3 Å². The van der Waals surface area contributed by atoms with E-state index < -0.39 is 0 Å². The molecule has 0 unspecified atom stereocenters. The van der Waals surface area contributed by atoms with E-state index in [0.717, 1.165) is 12.8 Å². The smallest absolute Gasteiger partial charge is 0.308 e. The van der Waals surface area contributed by atoms with Crippen molar-refractivity contribution in [2.75, 3.05) is 79.3 Å². The van der Waals surface area contributed by atoms with Gasteiger partial charge in [0.2, 0.25) is 0 Å². The van der Waals surface area contributed by atoms with Crippen molar-refractivity contribution in [3.8, 4) is 0 Å². The molecular weight excluding hydrogens is 540 g/mol. The van der Waals surface area contributed by atoms with E-state index in [1.54, 1.807) is 6.92 Å². The summed E-state index contributed by atoms with van der Waals surface area (Å²) in [6.07, 6.45) is 20.5. The summed E-state index contributed by atoms with van der Waals surface area (Å²) in [5, 5.41) is 0. The van der Waals surface area contributed by atoms with Crippen molar-refractivity contribution in [1.82, 2.24) is 0 Å². The summed E-state index contributed by atoms with van der Waals surface area (Å²) in [7, 11) is 0. The first kappa shape index (κ1) is 40.7. The molecule has 0 aromatic rings. The van der Waals surface area contributed by atoms with Gasteiger partial charge in [0.25, 0.3) is 0 Å². The minimum atomic E-state index is -0.248. The van der Waals surface area contributed by atoms with Crippen LogP contribution in [0.3, 0.4) is 0 Å². The average Bonchev–Trinajstić information content (AvgIpc) is 2.98. The van der Waals surface area contributed by atoms with Crippen LogP contribution in [0.4, 0.5) is 0 Å². The minimum absolute atomic E-state index is 0.132. The van der Waals surface area contributed by atoms with Gasteiger partial charge in [0.05, 0.1) is 79.1 Å². The number of carbonyl (C=O) groups excluding carboxylic acids is 2. The van der Waals surface area contributed by atoms with Crippen LogP contribution in [0, 0.1) is 0 Å². The highest BCUT2D eigenvalue weighted by Gasteiger charge is 2.03. The Morgan fingerprint density at radius 2 is 0.690 bits per heavy atom. The SMILES string of the molecule is CCCCCCCCCCCCCCCCCC(=O)OCCOCCOCCOCCOCCOCCC(=O)OCC. The molecule has 0 fully saturated rings. The molecule has 0 bridgehead atoms. The van der Waals surface area contributed by atoms with Gasteiger partial charge in [-0.1, -0.05) is 96.8 Å². The van der Waals surface area contributed by atoms with Crippen molar-refractivity contribution in [3.63, 3.8) is 0 Å². The molecule has 0 amide bonds. The van der Waals surface area contributed by atoms with Gasteiger partial charge in [0.1, 0.15) is 6.61 Å². The third kappa shape index (κ3) is 34.9. The van der Waals surface area contributed by atoms with Gasteiger partial charge in [-0.25, -0.2) is 0 Å². The van der Waals surface area contributed by atoms with E-state index in [1.807, 2.05) is 0 Å². The first-order valence-corrected chi connectivity index (χ1v) is 16.9. The lowest BCUT2D eigenvalue weighted by Crippen LogP contribution is -2.15. The molecule has 0 atom stereocenters. The lowest BCUT2D eigenvalue weighted by Gasteiger charge is -2.08. The van der Waals surface area contributed by atoms with E-state index in [9.17, 15) is 9.59 Å². The Hall–Kier alpha value is -1.26. The van der Waals surface area contributed by atoms with Crippen LogP contribution in [0.5, 0.6) is 0 Å². The second-order valence-corrected chi connectivity index (χ2v) is 10.5. The first-order chi connectivity index (χ1) is 20.7. The van der Waals surface area contributed by atoms with Crippen LogP contribution in [0.1, 0.15) is 123 Å². The summed E-state index contributed by atoms with van der Waals surface area (Å²) in [6, 6.07) is 0. The van der Waals surface area contributed by atoms with Crippen LogP contribution < -0.4 is 0 Å². The van der Waals surface area contributed by atoms with Gasteiger partial charge in [-0.15, -0.1) is 0 Å². The molecule has 9 nitrogen and oxygen atoms in total. The molecule has 250 valence electrons. The molecule has 0 aliphatic rings. The fourth-order valence-electron chi connectivity index (χ4n) is 4.30. The van der Waals surface area contributed by atoms with Crippen molar-refractivity contribution in [2.24, 2.45) is 0 Å². The molecule has 42 heavy (non-hydrogen) atoms. The van der Waals surface area contributed by atoms with Crippen LogP contribution >= 0.6 is 0 Å². The number of hydrogen-bond donors (Lipinski definition) is 0. The lowest BCUT2D eigenvalue weighted by molar-refractivity contribution is -0.146. The number of esters is 2. The Bertz CT molecular complexity index is 560. The zero-order valence-corrected chi connectivity index (χ0v) is 27.2. The van der Waals surface area contributed by atoms with Gasteiger partial charge in [0, 0.05) is 6.42 Å². The van der Waals surface area contributed by atoms with E-state index in [-0.39, 0.29) is 25.0 Å². The van der Waals surface area contributed by atoms with Crippen molar-refractivity contribution in [3.05, 3.63) is 0 Å². The molecule has 0 saturated carbocycles. The zero-order chi connectivity index (χ0) is 30.6. The van der Waals surface area contributed by atoms with E-state index in [0.29, 0.717) is 79.1 Å². The Kier molecular flexibility index (Phi) is 34.9. The fourth-order valence-corrected chi connectivity index (χ4v) is 4.30. The topological polar surface area (TPSA) is 98.8 Å². The van der Waals surface area contributed by atoms with Gasteiger partial charge in [-0.2, -0.15) is 0 Å². The van der Waals surface area contributed by atoms with Crippen molar-refractivity contribution < 1.29 is 42.7 Å². The number of carbonyl (C=O) groups is 2. The minimum Gasteiger partial charge on any atom is -0.466 e. The predicted octanol–water partition coefficient (Wildman–Crippen LogP) is 6.83. The molecule has 0 aliphatic carbocycles. The standard InChI is InChI=1S/C33H64O9/c1-3-5-6-7-8-9-10-11-12-13-14-15-16-17-18-19-32(34)42-31-30-40-29-28-39-27-26-38-25-24-37-23-22-36-21-20-33(35)41-4-2/h3-31H2,1-2H3. The van der Waals surface area contributed by atoms with Crippen LogP contribution in [0.2, 0.25) is 0 Å². The van der Waals surface area contributed by atoms with Gasteiger partial charge >= 0.3 is 11.9 Å². The second kappa shape index (κ2) is 35.9. The maximum Gasteiger partial charge on any atom is 0.308 e. The quantitative estimate of drug-likeness (QED) is 0.0569. The largest absolute Gasteiger partial charge is 0.466 e. The highest BCUT2D eigenvalue weighted by Crippen LogP contribution is 2.13. The van der Waals surface area contributed by atoms with Crippen molar-refractivity contribution in [1.29, 1.82) is 0 Å². The predicted molar refractivity (Wildman–Crippen MR) is 166 cm³/mol. The van der Waals surface area contributed by atoms with Crippen LogP contribution in [0.15, 0.2) is 0 Å². The van der Waals surface area contributed by atoms with Gasteiger partial charge in [0.15, 0.2) is 0 Å². The maximum absolute atomic E-state index is 11.8. The molecule has 0 heterocycles. The molecular formula is C33H64O9. The molecule has 0 spiro atoms. The number of unbranched alkanes of at least 4 members (excludes halogenated alkanes) is 14. The van der Waals surface area contributed by atoms with Crippen LogP contribution in [0.25, 0.3) is 0 Å². The zero-order valence-electron chi connectivity index (χ0n) is 27.2. The van der Waals surface area contributed by atoms with Crippen molar-refractivity contribution in [2.45, 2.75) is 123 Å². The van der Waals surface area contributed by atoms with Crippen LogP contribution in [-0.2, 0) is 42.7 Å². The Morgan fingerprint density at radius 3 is 1.10 bits per heavy atom. The Morgan fingerprint density at radius 1 is 0.357 bits per heavy atom. The molecule has 0 aromatic carbocycles. The molecule has 9 heteroatoms. The molecule has 0 radical (unpaired) electrons. The average molecular weight is 605 g/mol. The van der Waals surface area contributed by atoms with E-state index in [4.69, 9.17) is 33.2 Å². The third-order valence-corrected chi connectivity index (χ3v) is 6.72. The van der Waals surface area contributed by atoms with Gasteiger partial charge in [-0.3, -0.25) is 9.59 Å². The fraction of sp³-hybridized carbons (Fsp3) is 0.939. The molecule has 0 aliphatic heterocycles. The summed E-state index contributed by atoms with van der Waals surface area (Å²) in [5.74, 6) is -0.380. The molecule has 0 N–H and O–H groups in total. The van der Waals surface area contributed by atoms with E-state index >= 15 is 0 Å². The summed E-state index contributed by atoms with van der Waals surface area (Å²) >= 11 is 0. The van der Waals surface area contributed by atoms with Crippen molar-refractivity contribution >= 4 is 11.9 Å². The van der Waals surface area contributed by atoms with Crippen LogP contribution in [-0.4, -0.2) is 91.2 Å². The molecule has 0 rings (SSSR count). The third-order valence-electron chi connectivity index (χ3n) is 6.72. The second-order valence-electron chi connectivity index (χ2n) is 10.5. The maximum atomic E-state index is 11.8. The number of ether oxygens (including phenoxy) is 7. The number of rotatable bonds is 35. The highest BCUT2D eigenvalue weighted by molar-refractivity contribution is 5.69. The van der Waals surface area contributed by atoms with E-state index in [1.165, 1.54) is 83.5 Å². The highest BCUT2D eigenvalue weighted by atomic mass is 16.6. The molecule has 0 aromatic heterocycles. The first-order valence-electron chi connectivity index (χ1n) is 16.9. The lowest BCUT2D eigenvalue weighted by atomic mass is 10.0. The monoisotopic (exact) mass is 604 g/mol. The summed E-state index contributed by atoms with van der Waals surface area (Å²) < 4.78 is 37.1. The normalized spacial score (nSPS) is 11.2. The molecule has 0 saturated heterocycles. The summed E-state index contributed by atoms with van der Waals surface area (Å²) in [5.41, 5.74) is 0. The Labute approximate surface area is 257 Å². The van der Waals surface area contributed by atoms with E-state index in [2.05, 4.69) is 6.92 Å². The summed E-state index contributed by atoms with van der Waals surface area (Å²) in [6.45, 7) is 9.17. The number of hydrogen-bond acceptors (Lipinski definition) is 9. The van der Waals surface area contributed by atoms with Gasteiger partial charge < -0.3 is 33.2 Å². The summed E-state index contributed by atoms with van der Waals surface area (Å²) in [4.78, 5) is 23.0. The Balaban J connectivity index is 3.16.